The second-order valence-corrected chi connectivity index (χ2v) is 7.66. The molecule has 4 rings (SSSR count). The normalized spacial score (nSPS) is 15.7. The van der Waals surface area contributed by atoms with Gasteiger partial charge in [0.15, 0.2) is 0 Å². The molecule has 0 aliphatic heterocycles. The fourth-order valence-electron chi connectivity index (χ4n) is 4.37. The molecule has 0 amide bonds. The summed E-state index contributed by atoms with van der Waals surface area (Å²) in [6.07, 6.45) is 3.54. The van der Waals surface area contributed by atoms with Crippen molar-refractivity contribution in [2.75, 3.05) is 19.6 Å². The largest absolute Gasteiger partial charge is 0.315 e. The molecular weight excluding hydrogens is 340 g/mol. The summed E-state index contributed by atoms with van der Waals surface area (Å²) >= 11 is 0. The summed E-state index contributed by atoms with van der Waals surface area (Å²) in [5.74, 6) is 0.449. The second kappa shape index (κ2) is 9.68. The number of nitrogens with one attached hydrogen (secondary N) is 2. The average molecular weight is 371 g/mol. The van der Waals surface area contributed by atoms with Crippen molar-refractivity contribution in [3.05, 3.63) is 107 Å². The molecule has 0 spiro atoms. The minimum absolute atomic E-state index is 0.449. The Morgan fingerprint density at radius 1 is 0.714 bits per heavy atom. The van der Waals surface area contributed by atoms with Crippen molar-refractivity contribution in [1.29, 1.82) is 0 Å². The molecule has 1 atom stereocenters. The van der Waals surface area contributed by atoms with Crippen molar-refractivity contribution in [2.45, 2.75) is 31.2 Å². The lowest BCUT2D eigenvalue weighted by Gasteiger charge is -2.19. The van der Waals surface area contributed by atoms with E-state index in [-0.39, 0.29) is 0 Å². The van der Waals surface area contributed by atoms with Crippen molar-refractivity contribution in [3.63, 3.8) is 0 Å². The van der Waals surface area contributed by atoms with E-state index in [1.165, 1.54) is 35.1 Å². The average Bonchev–Trinajstić information content (AvgIpc) is 3.18. The van der Waals surface area contributed by atoms with E-state index in [0.717, 1.165) is 26.1 Å². The zero-order chi connectivity index (χ0) is 19.0. The lowest BCUT2D eigenvalue weighted by molar-refractivity contribution is 0.507. The predicted octanol–water partition coefficient (Wildman–Crippen LogP) is 5.08. The van der Waals surface area contributed by atoms with Gasteiger partial charge in [-0.05, 0) is 48.1 Å². The Labute approximate surface area is 169 Å². The van der Waals surface area contributed by atoms with Crippen molar-refractivity contribution in [3.8, 4) is 0 Å². The predicted molar refractivity (Wildman–Crippen MR) is 118 cm³/mol. The molecule has 0 aromatic heterocycles. The van der Waals surface area contributed by atoms with Gasteiger partial charge in [0.1, 0.15) is 0 Å². The van der Waals surface area contributed by atoms with Crippen LogP contribution in [-0.4, -0.2) is 19.6 Å². The van der Waals surface area contributed by atoms with Gasteiger partial charge in [-0.3, -0.25) is 0 Å². The molecule has 0 bridgehead atoms. The van der Waals surface area contributed by atoms with Crippen LogP contribution < -0.4 is 10.6 Å². The molecule has 2 heteroatoms. The van der Waals surface area contributed by atoms with Gasteiger partial charge in [0.25, 0.3) is 0 Å². The Balaban J connectivity index is 1.24. The first-order valence-electron chi connectivity index (χ1n) is 10.5. The Kier molecular flexibility index (Phi) is 6.54. The first kappa shape index (κ1) is 18.9. The second-order valence-electron chi connectivity index (χ2n) is 7.66. The summed E-state index contributed by atoms with van der Waals surface area (Å²) in [4.78, 5) is 0. The molecule has 2 nitrogen and oxygen atoms in total. The standard InChI is InChI=1S/C26H30N2/c1-3-9-21(10-4-1)24(22-11-5-2-6-12-22)17-18-27-19-20-28-26-16-15-23-13-7-8-14-25(23)26/h1-14,24,26-28H,15-20H2. The maximum atomic E-state index is 3.73. The van der Waals surface area contributed by atoms with Crippen LogP contribution in [0.2, 0.25) is 0 Å². The summed E-state index contributed by atoms with van der Waals surface area (Å²) in [6.45, 7) is 3.05. The highest BCUT2D eigenvalue weighted by molar-refractivity contribution is 5.34. The molecule has 1 aliphatic carbocycles. The fraction of sp³-hybridized carbons (Fsp3) is 0.308. The van der Waals surface area contributed by atoms with Crippen LogP contribution in [0.3, 0.4) is 0 Å². The maximum Gasteiger partial charge on any atom is 0.0326 e. The Morgan fingerprint density at radius 2 is 1.36 bits per heavy atom. The van der Waals surface area contributed by atoms with Crippen molar-refractivity contribution < 1.29 is 0 Å². The third-order valence-corrected chi connectivity index (χ3v) is 5.84. The fourth-order valence-corrected chi connectivity index (χ4v) is 4.37. The lowest BCUT2D eigenvalue weighted by Crippen LogP contribution is -2.30. The zero-order valence-corrected chi connectivity index (χ0v) is 16.5. The summed E-state index contributed by atoms with van der Waals surface area (Å²) in [7, 11) is 0. The van der Waals surface area contributed by atoms with E-state index in [2.05, 4.69) is 95.6 Å². The van der Waals surface area contributed by atoms with E-state index in [0.29, 0.717) is 12.0 Å². The zero-order valence-electron chi connectivity index (χ0n) is 16.5. The van der Waals surface area contributed by atoms with Gasteiger partial charge in [0.05, 0.1) is 0 Å². The molecule has 0 fully saturated rings. The molecule has 3 aromatic carbocycles. The number of aryl methyl sites for hydroxylation is 1. The number of fused-ring (bicyclic) bond motifs is 1. The van der Waals surface area contributed by atoms with Crippen LogP contribution in [0, 0.1) is 0 Å². The number of rotatable bonds is 9. The maximum absolute atomic E-state index is 3.73. The number of hydrogen-bond acceptors (Lipinski definition) is 2. The lowest BCUT2D eigenvalue weighted by atomic mass is 9.88. The summed E-state index contributed by atoms with van der Waals surface area (Å²) < 4.78 is 0. The van der Waals surface area contributed by atoms with Crippen molar-refractivity contribution in [2.24, 2.45) is 0 Å². The quantitative estimate of drug-likeness (QED) is 0.514. The summed E-state index contributed by atoms with van der Waals surface area (Å²) in [5, 5.41) is 7.37. The van der Waals surface area contributed by atoms with E-state index < -0.39 is 0 Å². The molecule has 1 aliphatic rings. The Morgan fingerprint density at radius 3 is 2.07 bits per heavy atom. The SMILES string of the molecule is c1ccc(C(CCNCCNC2CCc3ccccc32)c2ccccc2)cc1. The smallest absolute Gasteiger partial charge is 0.0326 e. The third-order valence-electron chi connectivity index (χ3n) is 5.84. The van der Waals surface area contributed by atoms with Crippen LogP contribution in [0.15, 0.2) is 84.9 Å². The van der Waals surface area contributed by atoms with E-state index in [4.69, 9.17) is 0 Å². The third kappa shape index (κ3) is 4.70. The van der Waals surface area contributed by atoms with E-state index in [1.54, 1.807) is 0 Å². The summed E-state index contributed by atoms with van der Waals surface area (Å²) in [5.41, 5.74) is 5.81. The van der Waals surface area contributed by atoms with Crippen molar-refractivity contribution in [1.82, 2.24) is 10.6 Å². The van der Waals surface area contributed by atoms with Gasteiger partial charge < -0.3 is 10.6 Å². The molecule has 144 valence electrons. The highest BCUT2D eigenvalue weighted by Crippen LogP contribution is 2.30. The van der Waals surface area contributed by atoms with E-state index in [1.807, 2.05) is 0 Å². The first-order valence-corrected chi connectivity index (χ1v) is 10.5. The van der Waals surface area contributed by atoms with Crippen molar-refractivity contribution >= 4 is 0 Å². The molecule has 0 heterocycles. The molecule has 28 heavy (non-hydrogen) atoms. The monoisotopic (exact) mass is 370 g/mol. The van der Waals surface area contributed by atoms with Crippen LogP contribution in [0.5, 0.6) is 0 Å². The minimum Gasteiger partial charge on any atom is -0.315 e. The topological polar surface area (TPSA) is 24.1 Å². The van der Waals surface area contributed by atoms with Gasteiger partial charge in [-0.1, -0.05) is 84.9 Å². The van der Waals surface area contributed by atoms with E-state index in [9.17, 15) is 0 Å². The van der Waals surface area contributed by atoms with Crippen LogP contribution in [0.25, 0.3) is 0 Å². The van der Waals surface area contributed by atoms with Gasteiger partial charge in [-0.15, -0.1) is 0 Å². The van der Waals surface area contributed by atoms with Gasteiger partial charge in [0.2, 0.25) is 0 Å². The van der Waals surface area contributed by atoms with Gasteiger partial charge in [0, 0.05) is 25.0 Å². The minimum atomic E-state index is 0.449. The molecular formula is C26H30N2. The highest BCUT2D eigenvalue weighted by Gasteiger charge is 2.20. The summed E-state index contributed by atoms with van der Waals surface area (Å²) in [6, 6.07) is 31.1. The van der Waals surface area contributed by atoms with Gasteiger partial charge in [-0.2, -0.15) is 0 Å². The van der Waals surface area contributed by atoms with Gasteiger partial charge >= 0.3 is 0 Å². The van der Waals surface area contributed by atoms with Gasteiger partial charge in [-0.25, -0.2) is 0 Å². The highest BCUT2D eigenvalue weighted by atomic mass is 15.0. The molecule has 0 radical (unpaired) electrons. The van der Waals surface area contributed by atoms with Crippen LogP contribution in [0.4, 0.5) is 0 Å². The molecule has 2 N–H and O–H groups in total. The number of benzene rings is 3. The molecule has 1 unspecified atom stereocenters. The molecule has 3 aromatic rings. The molecule has 0 saturated heterocycles. The van der Waals surface area contributed by atoms with Crippen LogP contribution >= 0.6 is 0 Å². The Bertz CT molecular complexity index is 805. The number of hydrogen-bond donors (Lipinski definition) is 2. The van der Waals surface area contributed by atoms with Crippen LogP contribution in [-0.2, 0) is 6.42 Å². The van der Waals surface area contributed by atoms with Crippen LogP contribution in [0.1, 0.15) is 47.1 Å². The van der Waals surface area contributed by atoms with E-state index >= 15 is 0 Å². The molecule has 0 saturated carbocycles. The first-order chi connectivity index (χ1) is 13.9. The Hall–Kier alpha value is -2.42.